The highest BCUT2D eigenvalue weighted by molar-refractivity contribution is 5.40. The Labute approximate surface area is 94.4 Å². The zero-order valence-corrected chi connectivity index (χ0v) is 9.13. The zero-order chi connectivity index (χ0) is 11.2. The maximum Gasteiger partial charge on any atom is 0.218 e. The van der Waals surface area contributed by atoms with Crippen molar-refractivity contribution in [2.75, 3.05) is 44.4 Å². The third-order valence-electron chi connectivity index (χ3n) is 2.33. The number of hydrogen-bond donors (Lipinski definition) is 1. The Morgan fingerprint density at radius 2 is 2.19 bits per heavy atom. The van der Waals surface area contributed by atoms with Gasteiger partial charge in [0.25, 0.3) is 0 Å². The van der Waals surface area contributed by atoms with Crippen LogP contribution in [0.15, 0.2) is 12.4 Å². The molecule has 16 heavy (non-hydrogen) atoms. The van der Waals surface area contributed by atoms with Gasteiger partial charge >= 0.3 is 0 Å². The van der Waals surface area contributed by atoms with Crippen LogP contribution < -0.4 is 15.4 Å². The molecule has 1 aromatic rings. The van der Waals surface area contributed by atoms with E-state index >= 15 is 0 Å². The Balaban J connectivity index is 2.02. The van der Waals surface area contributed by atoms with E-state index in [4.69, 9.17) is 15.2 Å². The normalized spacial score (nSPS) is 16.2. The molecule has 0 aromatic carbocycles. The van der Waals surface area contributed by atoms with Crippen molar-refractivity contribution in [1.82, 2.24) is 9.97 Å². The van der Waals surface area contributed by atoms with Crippen LogP contribution in [-0.4, -0.2) is 49.4 Å². The number of anilines is 1. The van der Waals surface area contributed by atoms with E-state index in [-0.39, 0.29) is 0 Å². The maximum absolute atomic E-state index is 5.36. The first kappa shape index (κ1) is 11.1. The minimum atomic E-state index is 0.472. The first-order valence-corrected chi connectivity index (χ1v) is 5.38. The monoisotopic (exact) mass is 224 g/mol. The van der Waals surface area contributed by atoms with Crippen molar-refractivity contribution in [3.05, 3.63) is 12.4 Å². The van der Waals surface area contributed by atoms with E-state index in [9.17, 15) is 0 Å². The van der Waals surface area contributed by atoms with Crippen LogP contribution in [0.1, 0.15) is 0 Å². The van der Waals surface area contributed by atoms with E-state index in [2.05, 4.69) is 14.9 Å². The van der Waals surface area contributed by atoms with Gasteiger partial charge in [-0.3, -0.25) is 0 Å². The molecule has 2 rings (SSSR count). The highest BCUT2D eigenvalue weighted by Crippen LogP contribution is 2.16. The summed E-state index contributed by atoms with van der Waals surface area (Å²) in [6, 6.07) is 1.83. The molecule has 88 valence electrons. The molecule has 1 aliphatic rings. The molecular formula is C10H16N4O2. The van der Waals surface area contributed by atoms with Gasteiger partial charge in [-0.1, -0.05) is 0 Å². The van der Waals surface area contributed by atoms with Crippen molar-refractivity contribution in [1.29, 1.82) is 0 Å². The minimum Gasteiger partial charge on any atom is -0.476 e. The van der Waals surface area contributed by atoms with Gasteiger partial charge in [0.05, 0.1) is 13.2 Å². The molecule has 1 saturated heterocycles. The fourth-order valence-corrected chi connectivity index (χ4v) is 1.54. The van der Waals surface area contributed by atoms with Crippen LogP contribution in [0.3, 0.4) is 0 Å². The number of hydrogen-bond acceptors (Lipinski definition) is 6. The molecule has 6 nitrogen and oxygen atoms in total. The second-order valence-electron chi connectivity index (χ2n) is 3.45. The molecule has 0 saturated carbocycles. The summed E-state index contributed by atoms with van der Waals surface area (Å²) in [5, 5.41) is 0. The van der Waals surface area contributed by atoms with Crippen molar-refractivity contribution in [3.8, 4) is 5.88 Å². The van der Waals surface area contributed by atoms with Gasteiger partial charge in [-0.2, -0.15) is 0 Å². The Kier molecular flexibility index (Phi) is 3.90. The fourth-order valence-electron chi connectivity index (χ4n) is 1.54. The highest BCUT2D eigenvalue weighted by Gasteiger charge is 2.13. The average Bonchev–Trinajstić information content (AvgIpc) is 2.38. The summed E-state index contributed by atoms with van der Waals surface area (Å²) in [5.41, 5.74) is 5.36. The predicted octanol–water partition coefficient (Wildman–Crippen LogP) is -0.349. The van der Waals surface area contributed by atoms with E-state index in [1.54, 1.807) is 0 Å². The highest BCUT2D eigenvalue weighted by atomic mass is 16.5. The van der Waals surface area contributed by atoms with Gasteiger partial charge in [0, 0.05) is 25.7 Å². The summed E-state index contributed by atoms with van der Waals surface area (Å²) in [5.74, 6) is 1.45. The number of nitrogens with two attached hydrogens (primary N) is 1. The molecule has 0 amide bonds. The summed E-state index contributed by atoms with van der Waals surface area (Å²) < 4.78 is 10.6. The Hall–Kier alpha value is -1.40. The lowest BCUT2D eigenvalue weighted by Gasteiger charge is -2.27. The summed E-state index contributed by atoms with van der Waals surface area (Å²) >= 11 is 0. The average molecular weight is 224 g/mol. The summed E-state index contributed by atoms with van der Waals surface area (Å²) in [7, 11) is 0. The predicted molar refractivity (Wildman–Crippen MR) is 59.6 cm³/mol. The number of ether oxygens (including phenoxy) is 2. The van der Waals surface area contributed by atoms with Gasteiger partial charge in [-0.05, 0) is 0 Å². The molecule has 0 spiro atoms. The summed E-state index contributed by atoms with van der Waals surface area (Å²) in [6.07, 6.45) is 1.51. The maximum atomic E-state index is 5.36. The molecule has 1 aromatic heterocycles. The number of nitrogens with zero attached hydrogens (tertiary/aromatic N) is 3. The van der Waals surface area contributed by atoms with Crippen molar-refractivity contribution < 1.29 is 9.47 Å². The minimum absolute atomic E-state index is 0.472. The van der Waals surface area contributed by atoms with Crippen LogP contribution in [0.5, 0.6) is 5.88 Å². The van der Waals surface area contributed by atoms with E-state index < -0.39 is 0 Å². The van der Waals surface area contributed by atoms with E-state index in [1.165, 1.54) is 6.33 Å². The SMILES string of the molecule is NCCOc1cc(N2CCOCC2)ncn1. The van der Waals surface area contributed by atoms with Crippen molar-refractivity contribution in [3.63, 3.8) is 0 Å². The number of morpholine rings is 1. The molecule has 2 N–H and O–H groups in total. The van der Waals surface area contributed by atoms with Crippen molar-refractivity contribution in [2.45, 2.75) is 0 Å². The molecule has 6 heteroatoms. The van der Waals surface area contributed by atoms with Gasteiger partial charge in [-0.15, -0.1) is 0 Å². The van der Waals surface area contributed by atoms with Gasteiger partial charge in [0.15, 0.2) is 0 Å². The second kappa shape index (κ2) is 5.62. The van der Waals surface area contributed by atoms with Gasteiger partial charge in [0.2, 0.25) is 5.88 Å². The lowest BCUT2D eigenvalue weighted by atomic mass is 10.4. The molecule has 1 fully saturated rings. The topological polar surface area (TPSA) is 73.5 Å². The van der Waals surface area contributed by atoms with Crippen LogP contribution in [0.4, 0.5) is 5.82 Å². The lowest BCUT2D eigenvalue weighted by Crippen LogP contribution is -2.36. The lowest BCUT2D eigenvalue weighted by molar-refractivity contribution is 0.122. The quantitative estimate of drug-likeness (QED) is 0.753. The standard InChI is InChI=1S/C10H16N4O2/c11-1-4-16-10-7-9(12-8-13-10)14-2-5-15-6-3-14/h7-8H,1-6,11H2. The number of rotatable bonds is 4. The van der Waals surface area contributed by atoms with Crippen LogP contribution in [-0.2, 0) is 4.74 Å². The summed E-state index contributed by atoms with van der Waals surface area (Å²) in [6.45, 7) is 4.14. The smallest absolute Gasteiger partial charge is 0.218 e. The summed E-state index contributed by atoms with van der Waals surface area (Å²) in [4.78, 5) is 10.4. The third-order valence-corrected chi connectivity index (χ3v) is 2.33. The molecule has 0 atom stereocenters. The molecule has 0 bridgehead atoms. The first-order valence-electron chi connectivity index (χ1n) is 5.38. The van der Waals surface area contributed by atoms with E-state index in [1.807, 2.05) is 6.07 Å². The zero-order valence-electron chi connectivity index (χ0n) is 9.13. The molecule has 2 heterocycles. The van der Waals surface area contributed by atoms with Crippen LogP contribution in [0.25, 0.3) is 0 Å². The molecule has 1 aliphatic heterocycles. The largest absolute Gasteiger partial charge is 0.476 e. The Bertz CT molecular complexity index is 328. The third kappa shape index (κ3) is 2.80. The van der Waals surface area contributed by atoms with Crippen LogP contribution >= 0.6 is 0 Å². The number of aromatic nitrogens is 2. The van der Waals surface area contributed by atoms with Gasteiger partial charge < -0.3 is 20.1 Å². The second-order valence-corrected chi connectivity index (χ2v) is 3.45. The fraction of sp³-hybridized carbons (Fsp3) is 0.600. The van der Waals surface area contributed by atoms with Crippen LogP contribution in [0.2, 0.25) is 0 Å². The first-order chi connectivity index (χ1) is 7.90. The van der Waals surface area contributed by atoms with E-state index in [0.717, 1.165) is 32.1 Å². The van der Waals surface area contributed by atoms with E-state index in [0.29, 0.717) is 19.0 Å². The van der Waals surface area contributed by atoms with Crippen LogP contribution in [0, 0.1) is 0 Å². The van der Waals surface area contributed by atoms with Crippen molar-refractivity contribution >= 4 is 5.82 Å². The van der Waals surface area contributed by atoms with Gasteiger partial charge in [-0.25, -0.2) is 9.97 Å². The van der Waals surface area contributed by atoms with Gasteiger partial charge in [0.1, 0.15) is 18.8 Å². The Morgan fingerprint density at radius 1 is 1.38 bits per heavy atom. The molecule has 0 aliphatic carbocycles. The molecule has 0 radical (unpaired) electrons. The molecule has 0 unspecified atom stereocenters. The Morgan fingerprint density at radius 3 is 2.94 bits per heavy atom. The molecular weight excluding hydrogens is 208 g/mol. The van der Waals surface area contributed by atoms with Crippen molar-refractivity contribution in [2.24, 2.45) is 5.73 Å².